The predicted molar refractivity (Wildman–Crippen MR) is 98.2 cm³/mol. The van der Waals surface area contributed by atoms with Crippen molar-refractivity contribution in [2.24, 2.45) is 0 Å². The molecule has 5 nitrogen and oxygen atoms in total. The third-order valence-corrected chi connectivity index (χ3v) is 4.76. The first-order valence-corrected chi connectivity index (χ1v) is 8.93. The third kappa shape index (κ3) is 3.32. The Bertz CT molecular complexity index is 942. The van der Waals surface area contributed by atoms with Gasteiger partial charge in [0.2, 0.25) is 0 Å². The van der Waals surface area contributed by atoms with Crippen molar-refractivity contribution in [2.45, 2.75) is 25.3 Å². The van der Waals surface area contributed by atoms with Gasteiger partial charge < -0.3 is 5.32 Å². The maximum atomic E-state index is 13.5. The van der Waals surface area contributed by atoms with Gasteiger partial charge in [0.25, 0.3) is 0 Å². The second-order valence-corrected chi connectivity index (χ2v) is 6.64. The number of hydrogen-bond donors (Lipinski definition) is 1. The van der Waals surface area contributed by atoms with Gasteiger partial charge in [0, 0.05) is 12.5 Å². The van der Waals surface area contributed by atoms with Gasteiger partial charge in [-0.25, -0.2) is 18.4 Å². The number of para-hydroxylation sites is 1. The van der Waals surface area contributed by atoms with Crippen molar-refractivity contribution < 1.29 is 4.39 Å². The van der Waals surface area contributed by atoms with Crippen LogP contribution in [0, 0.1) is 5.82 Å². The molecule has 0 saturated carbocycles. The SMILES string of the molecule is O=c1n(Cc2cccc(F)c2)nc([C@H]2CCCNC2)n1-c1ccccc1. The molecule has 3 aromatic rings. The number of piperidine rings is 1. The number of hydrogen-bond acceptors (Lipinski definition) is 3. The maximum Gasteiger partial charge on any atom is 0.350 e. The lowest BCUT2D eigenvalue weighted by molar-refractivity contribution is 0.439. The average Bonchev–Trinajstić information content (AvgIpc) is 2.99. The van der Waals surface area contributed by atoms with E-state index in [1.54, 1.807) is 16.7 Å². The van der Waals surface area contributed by atoms with Gasteiger partial charge in [0.1, 0.15) is 11.6 Å². The molecule has 1 aliphatic rings. The molecule has 2 aromatic carbocycles. The lowest BCUT2D eigenvalue weighted by Crippen LogP contribution is -2.31. The van der Waals surface area contributed by atoms with Crippen molar-refractivity contribution in [3.63, 3.8) is 0 Å². The van der Waals surface area contributed by atoms with Gasteiger partial charge in [0.05, 0.1) is 12.2 Å². The fraction of sp³-hybridized carbons (Fsp3) is 0.300. The number of nitrogens with one attached hydrogen (secondary N) is 1. The Morgan fingerprint density at radius 1 is 1.15 bits per heavy atom. The van der Waals surface area contributed by atoms with Crippen LogP contribution in [-0.4, -0.2) is 27.4 Å². The largest absolute Gasteiger partial charge is 0.350 e. The first-order chi connectivity index (χ1) is 12.7. The van der Waals surface area contributed by atoms with Crippen molar-refractivity contribution in [1.82, 2.24) is 19.7 Å². The fourth-order valence-corrected chi connectivity index (χ4v) is 3.49. The molecule has 1 aliphatic heterocycles. The Morgan fingerprint density at radius 2 is 2.00 bits per heavy atom. The van der Waals surface area contributed by atoms with Crippen LogP contribution in [0.5, 0.6) is 0 Å². The molecule has 1 aromatic heterocycles. The van der Waals surface area contributed by atoms with Gasteiger partial charge in [-0.3, -0.25) is 0 Å². The molecule has 0 radical (unpaired) electrons. The number of halogens is 1. The van der Waals surface area contributed by atoms with Gasteiger partial charge in [-0.05, 0) is 49.2 Å². The summed E-state index contributed by atoms with van der Waals surface area (Å²) in [7, 11) is 0. The molecule has 134 valence electrons. The fourth-order valence-electron chi connectivity index (χ4n) is 3.49. The standard InChI is InChI=1S/C20H21FN4O/c21-17-8-4-6-15(12-17)14-24-20(26)25(18-9-2-1-3-10-18)19(23-24)16-7-5-11-22-13-16/h1-4,6,8-10,12,16,22H,5,7,11,13-14H2/t16-/m0/s1. The Labute approximate surface area is 151 Å². The summed E-state index contributed by atoms with van der Waals surface area (Å²) in [6, 6.07) is 15.9. The predicted octanol–water partition coefficient (Wildman–Crippen LogP) is 2.69. The molecular formula is C20H21FN4O. The van der Waals surface area contributed by atoms with Crippen molar-refractivity contribution in [1.29, 1.82) is 0 Å². The van der Waals surface area contributed by atoms with Crippen LogP contribution < -0.4 is 11.0 Å². The molecule has 0 unspecified atom stereocenters. The van der Waals surface area contributed by atoms with E-state index >= 15 is 0 Å². The van der Waals surface area contributed by atoms with Crippen LogP contribution in [-0.2, 0) is 6.54 Å². The van der Waals surface area contributed by atoms with E-state index in [9.17, 15) is 9.18 Å². The van der Waals surface area contributed by atoms with Crippen molar-refractivity contribution >= 4 is 0 Å². The summed E-state index contributed by atoms with van der Waals surface area (Å²) in [4.78, 5) is 13.1. The number of rotatable bonds is 4. The van der Waals surface area contributed by atoms with Gasteiger partial charge in [-0.15, -0.1) is 0 Å². The van der Waals surface area contributed by atoms with Crippen LogP contribution in [0.25, 0.3) is 5.69 Å². The summed E-state index contributed by atoms with van der Waals surface area (Å²) >= 11 is 0. The van der Waals surface area contributed by atoms with E-state index in [0.717, 1.165) is 43.0 Å². The monoisotopic (exact) mass is 352 g/mol. The molecule has 4 rings (SSSR count). The molecule has 0 aliphatic carbocycles. The summed E-state index contributed by atoms with van der Waals surface area (Å²) in [5.74, 6) is 0.643. The quantitative estimate of drug-likeness (QED) is 0.785. The molecule has 1 atom stereocenters. The summed E-state index contributed by atoms with van der Waals surface area (Å²) < 4.78 is 16.6. The lowest BCUT2D eigenvalue weighted by atomic mass is 9.99. The van der Waals surface area contributed by atoms with Crippen LogP contribution >= 0.6 is 0 Å². The molecule has 26 heavy (non-hydrogen) atoms. The summed E-state index contributed by atoms with van der Waals surface area (Å²) in [5, 5.41) is 8.02. The second kappa shape index (κ2) is 7.25. The summed E-state index contributed by atoms with van der Waals surface area (Å²) in [6.07, 6.45) is 2.06. The zero-order valence-electron chi connectivity index (χ0n) is 14.4. The van der Waals surface area contributed by atoms with E-state index in [2.05, 4.69) is 10.4 Å². The van der Waals surface area contributed by atoms with Gasteiger partial charge >= 0.3 is 5.69 Å². The lowest BCUT2D eigenvalue weighted by Gasteiger charge is -2.22. The highest BCUT2D eigenvalue weighted by atomic mass is 19.1. The van der Waals surface area contributed by atoms with Crippen molar-refractivity contribution in [3.8, 4) is 5.69 Å². The van der Waals surface area contributed by atoms with E-state index < -0.39 is 0 Å². The van der Waals surface area contributed by atoms with Crippen molar-refractivity contribution in [2.75, 3.05) is 13.1 Å². The molecule has 0 spiro atoms. The van der Waals surface area contributed by atoms with Crippen LogP contribution in [0.4, 0.5) is 4.39 Å². The Morgan fingerprint density at radius 3 is 2.73 bits per heavy atom. The van der Waals surface area contributed by atoms with Crippen LogP contribution in [0.3, 0.4) is 0 Å². The maximum absolute atomic E-state index is 13.5. The zero-order chi connectivity index (χ0) is 17.9. The highest BCUT2D eigenvalue weighted by Crippen LogP contribution is 2.23. The van der Waals surface area contributed by atoms with Gasteiger partial charge in [-0.2, -0.15) is 5.10 Å². The smallest absolute Gasteiger partial charge is 0.316 e. The first-order valence-electron chi connectivity index (χ1n) is 8.93. The van der Waals surface area contributed by atoms with E-state index in [1.165, 1.54) is 16.8 Å². The van der Waals surface area contributed by atoms with E-state index in [4.69, 9.17) is 0 Å². The average molecular weight is 352 g/mol. The number of nitrogens with zero attached hydrogens (tertiary/aromatic N) is 3. The van der Waals surface area contributed by atoms with Crippen LogP contribution in [0.1, 0.15) is 30.1 Å². The van der Waals surface area contributed by atoms with E-state index in [1.807, 2.05) is 30.3 Å². The minimum atomic E-state index is -0.310. The summed E-state index contributed by atoms with van der Waals surface area (Å²) in [5.41, 5.74) is 1.34. The molecule has 1 saturated heterocycles. The van der Waals surface area contributed by atoms with Gasteiger partial charge in [-0.1, -0.05) is 30.3 Å². The zero-order valence-corrected chi connectivity index (χ0v) is 14.4. The molecular weight excluding hydrogens is 331 g/mol. The minimum Gasteiger partial charge on any atom is -0.316 e. The number of benzene rings is 2. The Hall–Kier alpha value is -2.73. The molecule has 2 heterocycles. The molecule has 1 fully saturated rings. The molecule has 0 amide bonds. The van der Waals surface area contributed by atoms with Crippen molar-refractivity contribution in [3.05, 3.63) is 82.3 Å². The number of aromatic nitrogens is 3. The molecule has 6 heteroatoms. The second-order valence-electron chi connectivity index (χ2n) is 6.64. The van der Waals surface area contributed by atoms with Crippen LogP contribution in [0.15, 0.2) is 59.4 Å². The third-order valence-electron chi connectivity index (χ3n) is 4.76. The van der Waals surface area contributed by atoms with Crippen LogP contribution in [0.2, 0.25) is 0 Å². The normalized spacial score (nSPS) is 17.3. The first kappa shape index (κ1) is 16.7. The summed E-state index contributed by atoms with van der Waals surface area (Å²) in [6.45, 7) is 2.06. The highest BCUT2D eigenvalue weighted by Gasteiger charge is 2.24. The highest BCUT2D eigenvalue weighted by molar-refractivity contribution is 5.33. The van der Waals surface area contributed by atoms with Gasteiger partial charge in [0.15, 0.2) is 0 Å². The van der Waals surface area contributed by atoms with E-state index in [-0.39, 0.29) is 24.0 Å². The molecule has 0 bridgehead atoms. The Kier molecular flexibility index (Phi) is 4.67. The topological polar surface area (TPSA) is 51.9 Å². The Balaban J connectivity index is 1.78. The molecule has 1 N–H and O–H groups in total. The minimum absolute atomic E-state index is 0.186. The van der Waals surface area contributed by atoms with E-state index in [0.29, 0.717) is 0 Å².